The van der Waals surface area contributed by atoms with Crippen LogP contribution in [0.25, 0.3) is 11.6 Å². The molecule has 2 aromatic rings. The van der Waals surface area contributed by atoms with E-state index < -0.39 is 0 Å². The van der Waals surface area contributed by atoms with Gasteiger partial charge in [0.1, 0.15) is 11.5 Å². The Kier molecular flexibility index (Phi) is 4.19. The van der Waals surface area contributed by atoms with E-state index in [9.17, 15) is 0 Å². The van der Waals surface area contributed by atoms with Gasteiger partial charge in [0.2, 0.25) is 0 Å². The highest BCUT2D eigenvalue weighted by Gasteiger charge is 2.11. The zero-order chi connectivity index (χ0) is 13.0. The molecule has 1 atom stereocenters. The molecule has 0 bridgehead atoms. The fourth-order valence-corrected chi connectivity index (χ4v) is 2.11. The second kappa shape index (κ2) is 5.86. The van der Waals surface area contributed by atoms with Crippen molar-refractivity contribution in [1.82, 2.24) is 15.1 Å². The summed E-state index contributed by atoms with van der Waals surface area (Å²) in [6.07, 6.45) is 1.13. The van der Waals surface area contributed by atoms with Crippen LogP contribution in [-0.2, 0) is 5.75 Å². The minimum Gasteiger partial charge on any atom is -0.384 e. The normalized spacial score (nSPS) is 12.6. The van der Waals surface area contributed by atoms with E-state index in [2.05, 4.69) is 29.0 Å². The molecule has 6 heteroatoms. The smallest absolute Gasteiger partial charge is 0.276 e. The van der Waals surface area contributed by atoms with E-state index in [4.69, 9.17) is 10.3 Å². The maximum atomic E-state index is 5.61. The van der Waals surface area contributed by atoms with Gasteiger partial charge in [-0.25, -0.2) is 4.98 Å². The van der Waals surface area contributed by atoms with E-state index in [0.29, 0.717) is 28.5 Å². The number of nitrogens with two attached hydrogens (primary N) is 1. The molecule has 0 aromatic carbocycles. The van der Waals surface area contributed by atoms with E-state index in [1.54, 1.807) is 12.1 Å². The van der Waals surface area contributed by atoms with Crippen LogP contribution in [0.2, 0.25) is 0 Å². The van der Waals surface area contributed by atoms with Crippen molar-refractivity contribution in [2.45, 2.75) is 31.3 Å². The van der Waals surface area contributed by atoms with Crippen LogP contribution in [-0.4, -0.2) is 20.4 Å². The summed E-state index contributed by atoms with van der Waals surface area (Å²) in [5.74, 6) is 2.31. The molecule has 1 unspecified atom stereocenters. The number of aromatic nitrogens is 3. The van der Waals surface area contributed by atoms with Crippen molar-refractivity contribution in [3.63, 3.8) is 0 Å². The first-order valence-corrected chi connectivity index (χ1v) is 6.91. The molecule has 2 rings (SSSR count). The van der Waals surface area contributed by atoms with Gasteiger partial charge in [-0.15, -0.1) is 0 Å². The summed E-state index contributed by atoms with van der Waals surface area (Å²) < 4.78 is 5.18. The Bertz CT molecular complexity index is 514. The highest BCUT2D eigenvalue weighted by atomic mass is 32.2. The van der Waals surface area contributed by atoms with Gasteiger partial charge in [-0.1, -0.05) is 25.1 Å². The van der Waals surface area contributed by atoms with E-state index in [1.807, 2.05) is 17.8 Å². The standard InChI is InChI=1S/C12H16N4OS/c1-3-8(2)18-7-11-15-12(17-16-11)9-5-4-6-10(13)14-9/h4-6,8H,3,7H2,1-2H3,(H2,13,14). The molecule has 0 saturated carbocycles. The van der Waals surface area contributed by atoms with Gasteiger partial charge in [0.15, 0.2) is 5.82 Å². The third-order valence-electron chi connectivity index (χ3n) is 2.53. The van der Waals surface area contributed by atoms with Crippen molar-refractivity contribution >= 4 is 17.6 Å². The quantitative estimate of drug-likeness (QED) is 0.894. The van der Waals surface area contributed by atoms with Crippen LogP contribution in [0, 0.1) is 0 Å². The second-order valence-electron chi connectivity index (χ2n) is 3.99. The van der Waals surface area contributed by atoms with Gasteiger partial charge in [-0.2, -0.15) is 16.7 Å². The third-order valence-corrected chi connectivity index (χ3v) is 3.86. The summed E-state index contributed by atoms with van der Waals surface area (Å²) in [6.45, 7) is 4.35. The molecule has 18 heavy (non-hydrogen) atoms. The molecule has 0 spiro atoms. The van der Waals surface area contributed by atoms with Gasteiger partial charge in [-0.05, 0) is 18.6 Å². The zero-order valence-corrected chi connectivity index (χ0v) is 11.3. The van der Waals surface area contributed by atoms with E-state index in [0.717, 1.165) is 12.2 Å². The topological polar surface area (TPSA) is 77.8 Å². The Morgan fingerprint density at radius 1 is 1.39 bits per heavy atom. The number of hydrogen-bond acceptors (Lipinski definition) is 6. The van der Waals surface area contributed by atoms with Crippen LogP contribution in [0.1, 0.15) is 26.1 Å². The number of anilines is 1. The lowest BCUT2D eigenvalue weighted by molar-refractivity contribution is 0.424. The van der Waals surface area contributed by atoms with Crippen molar-refractivity contribution in [2.24, 2.45) is 0 Å². The number of rotatable bonds is 5. The van der Waals surface area contributed by atoms with Crippen LogP contribution in [0.4, 0.5) is 5.82 Å². The SMILES string of the molecule is CCC(C)SCc1noc(-c2cccc(N)n2)n1. The molecule has 5 nitrogen and oxygen atoms in total. The average molecular weight is 264 g/mol. The summed E-state index contributed by atoms with van der Waals surface area (Å²) in [7, 11) is 0. The number of nitrogens with zero attached hydrogens (tertiary/aromatic N) is 3. The highest BCUT2D eigenvalue weighted by molar-refractivity contribution is 7.99. The van der Waals surface area contributed by atoms with E-state index >= 15 is 0 Å². The van der Waals surface area contributed by atoms with Crippen molar-refractivity contribution < 1.29 is 4.52 Å². The molecule has 2 N–H and O–H groups in total. The number of pyridine rings is 1. The van der Waals surface area contributed by atoms with Crippen LogP contribution in [0.3, 0.4) is 0 Å². The highest BCUT2D eigenvalue weighted by Crippen LogP contribution is 2.20. The molecular formula is C12H16N4OS. The molecule has 0 fully saturated rings. The Morgan fingerprint density at radius 3 is 2.94 bits per heavy atom. The summed E-state index contributed by atoms with van der Waals surface area (Å²) >= 11 is 1.81. The molecule has 0 amide bonds. The zero-order valence-electron chi connectivity index (χ0n) is 10.5. The predicted octanol–water partition coefficient (Wildman–Crippen LogP) is 2.75. The number of hydrogen-bond donors (Lipinski definition) is 1. The Balaban J connectivity index is 2.06. The van der Waals surface area contributed by atoms with E-state index in [1.165, 1.54) is 0 Å². The number of nitrogen functional groups attached to an aromatic ring is 1. The van der Waals surface area contributed by atoms with Gasteiger partial charge in [0, 0.05) is 5.25 Å². The summed E-state index contributed by atoms with van der Waals surface area (Å²) in [4.78, 5) is 8.45. The first-order valence-electron chi connectivity index (χ1n) is 5.86. The van der Waals surface area contributed by atoms with Gasteiger partial charge in [0.05, 0.1) is 5.75 Å². The fraction of sp³-hybridized carbons (Fsp3) is 0.417. The van der Waals surface area contributed by atoms with Crippen molar-refractivity contribution in [2.75, 3.05) is 5.73 Å². The molecule has 0 aliphatic heterocycles. The molecule has 0 aliphatic rings. The molecular weight excluding hydrogens is 248 g/mol. The second-order valence-corrected chi connectivity index (χ2v) is 5.42. The Morgan fingerprint density at radius 2 is 2.22 bits per heavy atom. The van der Waals surface area contributed by atoms with Gasteiger partial charge in [0.25, 0.3) is 5.89 Å². The minimum atomic E-state index is 0.419. The van der Waals surface area contributed by atoms with E-state index in [-0.39, 0.29) is 0 Å². The number of thioether (sulfide) groups is 1. The van der Waals surface area contributed by atoms with Gasteiger partial charge in [-0.3, -0.25) is 0 Å². The lowest BCUT2D eigenvalue weighted by Crippen LogP contribution is -1.95. The molecule has 0 aliphatic carbocycles. The van der Waals surface area contributed by atoms with Gasteiger partial charge >= 0.3 is 0 Å². The molecule has 0 radical (unpaired) electrons. The maximum absolute atomic E-state index is 5.61. The largest absolute Gasteiger partial charge is 0.384 e. The molecule has 2 aromatic heterocycles. The lowest BCUT2D eigenvalue weighted by atomic mass is 10.3. The Hall–Kier alpha value is -1.56. The van der Waals surface area contributed by atoms with Crippen molar-refractivity contribution in [3.8, 4) is 11.6 Å². The first kappa shape index (κ1) is 12.9. The van der Waals surface area contributed by atoms with Crippen LogP contribution < -0.4 is 5.73 Å². The summed E-state index contributed by atoms with van der Waals surface area (Å²) in [6, 6.07) is 5.34. The fourth-order valence-electron chi connectivity index (χ4n) is 1.32. The summed E-state index contributed by atoms with van der Waals surface area (Å²) in [5, 5.41) is 4.54. The van der Waals surface area contributed by atoms with Crippen molar-refractivity contribution in [1.29, 1.82) is 0 Å². The molecule has 2 heterocycles. The maximum Gasteiger partial charge on any atom is 0.276 e. The summed E-state index contributed by atoms with van der Waals surface area (Å²) in [5.41, 5.74) is 6.23. The molecule has 96 valence electrons. The van der Waals surface area contributed by atoms with Crippen LogP contribution >= 0.6 is 11.8 Å². The predicted molar refractivity (Wildman–Crippen MR) is 73.0 cm³/mol. The first-order chi connectivity index (χ1) is 8.69. The lowest BCUT2D eigenvalue weighted by Gasteiger charge is -2.04. The average Bonchev–Trinajstić information content (AvgIpc) is 2.84. The van der Waals surface area contributed by atoms with Crippen LogP contribution in [0.15, 0.2) is 22.7 Å². The van der Waals surface area contributed by atoms with Gasteiger partial charge < -0.3 is 10.3 Å². The molecule has 0 saturated heterocycles. The monoisotopic (exact) mass is 264 g/mol. The third kappa shape index (κ3) is 3.22. The Labute approximate surface area is 110 Å². The van der Waals surface area contributed by atoms with Crippen LogP contribution in [0.5, 0.6) is 0 Å². The van der Waals surface area contributed by atoms with Crippen molar-refractivity contribution in [3.05, 3.63) is 24.0 Å². The minimum absolute atomic E-state index is 0.419.